The smallest absolute Gasteiger partial charge is 0.151 e. The van der Waals surface area contributed by atoms with E-state index in [1.807, 2.05) is 31.1 Å². The number of likely N-dealkylation sites (N-methyl/N-ethyl adjacent to an activating group) is 1. The Kier molecular flexibility index (Phi) is 5.04. The van der Waals surface area contributed by atoms with Gasteiger partial charge in [0.1, 0.15) is 18.2 Å². The molecule has 132 valence electrons. The van der Waals surface area contributed by atoms with Gasteiger partial charge in [-0.3, -0.25) is 0 Å². The molecule has 0 aromatic heterocycles. The molecule has 3 rings (SSSR count). The molecule has 1 atom stereocenters. The van der Waals surface area contributed by atoms with Crippen LogP contribution in [0.1, 0.15) is 11.7 Å². The number of rotatable bonds is 6. The number of nitrogens with zero attached hydrogens (tertiary/aromatic N) is 2. The number of nitrogen functional groups attached to an aromatic ring is 1. The number of nitrogens with two attached hydrogens (primary N) is 1. The summed E-state index contributed by atoms with van der Waals surface area (Å²) in [5.74, 6) is 0.127. The first-order valence-corrected chi connectivity index (χ1v) is 8.04. The summed E-state index contributed by atoms with van der Waals surface area (Å²) in [7, 11) is 3.92. The molecule has 2 aromatic rings. The van der Waals surface area contributed by atoms with Crippen molar-refractivity contribution in [2.75, 3.05) is 43.6 Å². The molecule has 0 bridgehead atoms. The van der Waals surface area contributed by atoms with Crippen molar-refractivity contribution in [1.82, 2.24) is 4.90 Å². The maximum Gasteiger partial charge on any atom is 0.151 e. The zero-order valence-corrected chi connectivity index (χ0v) is 14.3. The quantitative estimate of drug-likeness (QED) is 0.703. The Balaban J connectivity index is 1.78. The van der Waals surface area contributed by atoms with Crippen LogP contribution in [0, 0.1) is 5.82 Å². The van der Waals surface area contributed by atoms with Crippen LogP contribution in [0.2, 0.25) is 0 Å². The van der Waals surface area contributed by atoms with Crippen LogP contribution in [-0.4, -0.2) is 38.5 Å². The minimum absolute atomic E-state index is 0.366. The second-order valence-electron chi connectivity index (χ2n) is 6.11. The first-order valence-electron chi connectivity index (χ1n) is 8.04. The maximum absolute atomic E-state index is 14.7. The van der Waals surface area contributed by atoms with Gasteiger partial charge in [-0.2, -0.15) is 0 Å². The third-order valence-corrected chi connectivity index (χ3v) is 3.84. The van der Waals surface area contributed by atoms with Crippen molar-refractivity contribution in [3.63, 3.8) is 0 Å². The second-order valence-corrected chi connectivity index (χ2v) is 6.11. The highest BCUT2D eigenvalue weighted by Gasteiger charge is 2.23. The molecule has 4 N–H and O–H groups in total. The van der Waals surface area contributed by atoms with Gasteiger partial charge in [0.25, 0.3) is 0 Å². The van der Waals surface area contributed by atoms with E-state index in [1.165, 1.54) is 6.07 Å². The van der Waals surface area contributed by atoms with Crippen LogP contribution in [0.15, 0.2) is 41.4 Å². The Morgan fingerprint density at radius 1 is 1.28 bits per heavy atom. The van der Waals surface area contributed by atoms with E-state index in [4.69, 9.17) is 10.5 Å². The zero-order chi connectivity index (χ0) is 17.8. The van der Waals surface area contributed by atoms with E-state index in [9.17, 15) is 4.39 Å². The molecular weight excluding hydrogens is 321 g/mol. The number of hydrogen-bond donors (Lipinski definition) is 3. The van der Waals surface area contributed by atoms with Gasteiger partial charge in [-0.15, -0.1) is 0 Å². The van der Waals surface area contributed by atoms with E-state index >= 15 is 0 Å². The molecule has 1 aliphatic rings. The molecule has 1 heterocycles. The zero-order valence-electron chi connectivity index (χ0n) is 14.3. The molecular formula is C18H22FN5O. The third-order valence-electron chi connectivity index (χ3n) is 3.84. The normalized spacial score (nSPS) is 15.6. The van der Waals surface area contributed by atoms with Crippen LogP contribution >= 0.6 is 0 Å². The van der Waals surface area contributed by atoms with Crippen molar-refractivity contribution < 1.29 is 9.13 Å². The van der Waals surface area contributed by atoms with E-state index in [-0.39, 0.29) is 5.82 Å². The van der Waals surface area contributed by atoms with E-state index in [1.54, 1.807) is 24.5 Å². The van der Waals surface area contributed by atoms with E-state index in [0.29, 0.717) is 29.3 Å². The summed E-state index contributed by atoms with van der Waals surface area (Å²) in [4.78, 5) is 6.30. The van der Waals surface area contributed by atoms with Gasteiger partial charge in [0, 0.05) is 30.1 Å². The lowest BCUT2D eigenvalue weighted by atomic mass is 10.1. The fourth-order valence-corrected chi connectivity index (χ4v) is 2.52. The number of halogens is 1. The van der Waals surface area contributed by atoms with Gasteiger partial charge in [0.2, 0.25) is 0 Å². The first-order chi connectivity index (χ1) is 12.0. The Bertz CT molecular complexity index is 761. The number of fused-ring (bicyclic) bond motifs is 1. The molecule has 0 saturated heterocycles. The predicted octanol–water partition coefficient (Wildman–Crippen LogP) is 2.91. The Morgan fingerprint density at radius 2 is 2.04 bits per heavy atom. The van der Waals surface area contributed by atoms with Crippen molar-refractivity contribution in [2.45, 2.75) is 6.17 Å². The van der Waals surface area contributed by atoms with Gasteiger partial charge >= 0.3 is 0 Å². The minimum Gasteiger partial charge on any atom is -0.492 e. The molecule has 0 radical (unpaired) electrons. The Hall–Kier alpha value is -2.80. The highest BCUT2D eigenvalue weighted by Crippen LogP contribution is 2.35. The van der Waals surface area contributed by atoms with Crippen molar-refractivity contribution in [2.24, 2.45) is 4.99 Å². The number of nitrogens with one attached hydrogen (secondary N) is 2. The first kappa shape index (κ1) is 17.0. The maximum atomic E-state index is 14.7. The van der Waals surface area contributed by atoms with Crippen LogP contribution in [0.25, 0.3) is 0 Å². The summed E-state index contributed by atoms with van der Waals surface area (Å²) >= 11 is 0. The number of benzene rings is 2. The monoisotopic (exact) mass is 343 g/mol. The van der Waals surface area contributed by atoms with E-state index < -0.39 is 6.17 Å². The lowest BCUT2D eigenvalue weighted by Crippen LogP contribution is -2.20. The molecule has 1 unspecified atom stereocenters. The molecule has 7 heteroatoms. The molecule has 6 nitrogen and oxygen atoms in total. The molecule has 0 amide bonds. The van der Waals surface area contributed by atoms with Crippen molar-refractivity contribution in [1.29, 1.82) is 0 Å². The van der Waals surface area contributed by atoms with Gasteiger partial charge in [-0.1, -0.05) is 0 Å². The Morgan fingerprint density at radius 3 is 2.76 bits per heavy atom. The van der Waals surface area contributed by atoms with Gasteiger partial charge in [0.15, 0.2) is 6.17 Å². The van der Waals surface area contributed by atoms with Gasteiger partial charge in [0.05, 0.1) is 17.6 Å². The summed E-state index contributed by atoms with van der Waals surface area (Å²) in [6.07, 6.45) is 1.04. The standard InChI is InChI=1S/C18H22FN5O/c1-24(2)7-8-25-14-9-15(19)17-16(10-14)21-11-22-18(17)23-13-5-3-12(20)4-6-13/h3-6,9-11,18,23H,7-8,20H2,1-2H3,(H,21,22). The van der Waals surface area contributed by atoms with Crippen LogP contribution in [0.5, 0.6) is 5.75 Å². The van der Waals surface area contributed by atoms with Crippen LogP contribution in [-0.2, 0) is 0 Å². The summed E-state index contributed by atoms with van der Waals surface area (Å²) in [6.45, 7) is 1.25. The molecule has 0 fully saturated rings. The SMILES string of the molecule is CN(C)CCOc1cc(F)c2c(c1)NC=NC2Nc1ccc(N)cc1. The second kappa shape index (κ2) is 7.40. The topological polar surface area (TPSA) is 74.9 Å². The van der Waals surface area contributed by atoms with Crippen LogP contribution < -0.4 is 21.1 Å². The van der Waals surface area contributed by atoms with Gasteiger partial charge in [-0.25, -0.2) is 9.38 Å². The van der Waals surface area contributed by atoms with Crippen LogP contribution in [0.4, 0.5) is 21.5 Å². The number of hydrogen-bond acceptors (Lipinski definition) is 6. The van der Waals surface area contributed by atoms with Crippen molar-refractivity contribution in [3.05, 3.63) is 47.8 Å². The Labute approximate surface area is 146 Å². The lowest BCUT2D eigenvalue weighted by Gasteiger charge is -2.24. The summed E-state index contributed by atoms with van der Waals surface area (Å²) < 4.78 is 20.3. The molecule has 0 aliphatic carbocycles. The number of aliphatic imine (C=N–C) groups is 1. The summed E-state index contributed by atoms with van der Waals surface area (Å²) in [5.41, 5.74) is 8.28. The summed E-state index contributed by atoms with van der Waals surface area (Å²) in [6, 6.07) is 10.4. The van der Waals surface area contributed by atoms with Gasteiger partial charge < -0.3 is 26.0 Å². The minimum atomic E-state index is -0.518. The number of anilines is 3. The predicted molar refractivity (Wildman–Crippen MR) is 99.8 cm³/mol. The van der Waals surface area contributed by atoms with Crippen LogP contribution in [0.3, 0.4) is 0 Å². The van der Waals surface area contributed by atoms with Crippen molar-refractivity contribution >= 4 is 23.4 Å². The van der Waals surface area contributed by atoms with Crippen molar-refractivity contribution in [3.8, 4) is 5.75 Å². The fraction of sp³-hybridized carbons (Fsp3) is 0.278. The average Bonchev–Trinajstić information content (AvgIpc) is 2.56. The third kappa shape index (κ3) is 4.19. The van der Waals surface area contributed by atoms with E-state index in [2.05, 4.69) is 15.6 Å². The number of ether oxygens (including phenoxy) is 1. The molecule has 1 aliphatic heterocycles. The van der Waals surface area contributed by atoms with E-state index in [0.717, 1.165) is 12.2 Å². The van der Waals surface area contributed by atoms with Gasteiger partial charge in [-0.05, 0) is 38.4 Å². The highest BCUT2D eigenvalue weighted by atomic mass is 19.1. The molecule has 2 aromatic carbocycles. The highest BCUT2D eigenvalue weighted by molar-refractivity contribution is 5.82. The molecule has 25 heavy (non-hydrogen) atoms. The largest absolute Gasteiger partial charge is 0.492 e. The lowest BCUT2D eigenvalue weighted by molar-refractivity contribution is 0.260. The molecule has 0 saturated carbocycles. The molecule has 0 spiro atoms. The average molecular weight is 343 g/mol. The summed E-state index contributed by atoms with van der Waals surface area (Å²) in [5, 5.41) is 6.19. The fourth-order valence-electron chi connectivity index (χ4n) is 2.52.